The fourth-order valence-corrected chi connectivity index (χ4v) is 5.13. The maximum Gasteiger partial charge on any atom is 0.471 e. The molecule has 37 heavy (non-hydrogen) atoms. The van der Waals surface area contributed by atoms with E-state index in [1.165, 1.54) is 10.6 Å². The maximum absolute atomic E-state index is 14.5. The number of halogens is 2. The summed E-state index contributed by atoms with van der Waals surface area (Å²) in [4.78, 5) is 38.3. The topological polar surface area (TPSA) is 119 Å². The molecular formula is C24H23BrFN4O6P. The van der Waals surface area contributed by atoms with Gasteiger partial charge < -0.3 is 24.0 Å². The first kappa shape index (κ1) is 25.8. The molecule has 1 fully saturated rings. The molecule has 0 spiro atoms. The molecule has 5 rings (SSSR count). The van der Waals surface area contributed by atoms with Gasteiger partial charge in [-0.1, -0.05) is 12.1 Å². The molecule has 1 aliphatic rings. The molecule has 1 aromatic carbocycles. The maximum atomic E-state index is 14.5. The highest BCUT2D eigenvalue weighted by Gasteiger charge is 2.27. The number of anilines is 1. The number of pyridine rings is 2. The Morgan fingerprint density at radius 2 is 1.95 bits per heavy atom. The van der Waals surface area contributed by atoms with Gasteiger partial charge in [0.15, 0.2) is 0 Å². The molecule has 13 heteroatoms. The minimum Gasteiger partial charge on any atom is -0.378 e. The molecule has 0 unspecified atom stereocenters. The van der Waals surface area contributed by atoms with Gasteiger partial charge in [-0.2, -0.15) is 0 Å². The number of rotatable bonds is 7. The Kier molecular flexibility index (Phi) is 7.30. The van der Waals surface area contributed by atoms with E-state index >= 15 is 0 Å². The van der Waals surface area contributed by atoms with Crippen LogP contribution < -0.4 is 10.5 Å². The second-order valence-corrected chi connectivity index (χ2v) is 10.5. The van der Waals surface area contributed by atoms with Crippen molar-refractivity contribution in [1.29, 1.82) is 0 Å². The normalized spacial score (nSPS) is 14.4. The highest BCUT2D eigenvalue weighted by molar-refractivity contribution is 9.10. The molecule has 10 nitrogen and oxygen atoms in total. The van der Waals surface area contributed by atoms with Crippen molar-refractivity contribution in [3.63, 3.8) is 0 Å². The van der Waals surface area contributed by atoms with Gasteiger partial charge in [0.1, 0.15) is 24.0 Å². The van der Waals surface area contributed by atoms with E-state index in [-0.39, 0.29) is 12.1 Å². The molecule has 0 aliphatic carbocycles. The van der Waals surface area contributed by atoms with Crippen LogP contribution in [0.25, 0.3) is 22.2 Å². The minimum absolute atomic E-state index is 0.0557. The average Bonchev–Trinajstić information content (AvgIpc) is 3.21. The number of aromatic nitrogens is 3. The van der Waals surface area contributed by atoms with E-state index in [2.05, 4.69) is 20.9 Å². The second-order valence-electron chi connectivity index (χ2n) is 8.44. The van der Waals surface area contributed by atoms with Gasteiger partial charge >= 0.3 is 7.82 Å². The molecule has 0 bridgehead atoms. The summed E-state index contributed by atoms with van der Waals surface area (Å²) in [5.41, 5.74) is 1.75. The molecule has 0 radical (unpaired) electrons. The van der Waals surface area contributed by atoms with E-state index < -0.39 is 20.4 Å². The molecule has 0 amide bonds. The lowest BCUT2D eigenvalue weighted by Crippen LogP contribution is -2.38. The zero-order chi connectivity index (χ0) is 26.2. The lowest BCUT2D eigenvalue weighted by atomic mass is 10.1. The Labute approximate surface area is 219 Å². The van der Waals surface area contributed by atoms with Crippen molar-refractivity contribution in [3.05, 3.63) is 81.1 Å². The molecule has 0 atom stereocenters. The molecule has 4 heterocycles. The smallest absolute Gasteiger partial charge is 0.378 e. The highest BCUT2D eigenvalue weighted by Crippen LogP contribution is 2.42. The van der Waals surface area contributed by atoms with Crippen LogP contribution in [-0.4, -0.2) is 50.2 Å². The summed E-state index contributed by atoms with van der Waals surface area (Å²) in [5.74, 6) is 0.188. The fraction of sp³-hybridized carbons (Fsp3) is 0.250. The van der Waals surface area contributed by atoms with Gasteiger partial charge in [-0.25, -0.2) is 13.9 Å². The van der Waals surface area contributed by atoms with E-state index in [1.807, 2.05) is 11.0 Å². The van der Waals surface area contributed by atoms with Crippen LogP contribution in [0.3, 0.4) is 0 Å². The molecule has 0 saturated carbocycles. The van der Waals surface area contributed by atoms with Crippen molar-refractivity contribution in [2.75, 3.05) is 31.2 Å². The summed E-state index contributed by atoms with van der Waals surface area (Å²) in [6, 6.07) is 11.7. The van der Waals surface area contributed by atoms with Gasteiger partial charge in [-0.3, -0.25) is 13.9 Å². The van der Waals surface area contributed by atoms with Crippen molar-refractivity contribution in [1.82, 2.24) is 14.1 Å². The van der Waals surface area contributed by atoms with Crippen LogP contribution in [0.5, 0.6) is 0 Å². The van der Waals surface area contributed by atoms with Crippen molar-refractivity contribution in [2.24, 2.45) is 0 Å². The largest absolute Gasteiger partial charge is 0.471 e. The predicted molar refractivity (Wildman–Crippen MR) is 139 cm³/mol. The third-order valence-electron chi connectivity index (χ3n) is 6.11. The number of hydrogen-bond acceptors (Lipinski definition) is 6. The summed E-state index contributed by atoms with van der Waals surface area (Å²) in [6.07, 6.45) is 3.18. The predicted octanol–water partition coefficient (Wildman–Crippen LogP) is 3.72. The molecule has 1 saturated heterocycles. The molecule has 2 N–H and O–H groups in total. The number of morpholine rings is 1. The summed E-state index contributed by atoms with van der Waals surface area (Å²) in [6.45, 7) is 1.60. The lowest BCUT2D eigenvalue weighted by molar-refractivity contribution is 0.120. The molecule has 1 aliphatic heterocycles. The first-order valence-electron chi connectivity index (χ1n) is 11.4. The van der Waals surface area contributed by atoms with Gasteiger partial charge in [0.2, 0.25) is 0 Å². The van der Waals surface area contributed by atoms with Crippen molar-refractivity contribution < 1.29 is 28.0 Å². The standard InChI is InChI=1S/C24H23BrFN4O6P/c25-19-5-1-3-17(22(19)26)14-29-8-6-16(13-20(29)31)21-18-4-2-7-27-23(18)30(15-36-37(32,33)34)24(21)28-9-11-35-12-10-28/h1-8,13H,9-12,14-15H2,(H2,32,33,34). The summed E-state index contributed by atoms with van der Waals surface area (Å²) >= 11 is 3.17. The second kappa shape index (κ2) is 10.5. The SMILES string of the molecule is O=c1cc(-c2c(N3CCOCC3)n(COP(=O)(O)O)c3ncccc23)ccn1Cc1cccc(Br)c1F. The van der Waals surface area contributed by atoms with Gasteiger partial charge in [0.25, 0.3) is 5.56 Å². The van der Waals surface area contributed by atoms with E-state index in [0.717, 1.165) is 0 Å². The Bertz CT molecular complexity index is 1560. The number of hydrogen-bond donors (Lipinski definition) is 2. The van der Waals surface area contributed by atoms with E-state index in [4.69, 9.17) is 9.26 Å². The van der Waals surface area contributed by atoms with Gasteiger partial charge in [-0.05, 0) is 45.8 Å². The number of phosphoric acid groups is 1. The van der Waals surface area contributed by atoms with Crippen LogP contribution in [0.2, 0.25) is 0 Å². The van der Waals surface area contributed by atoms with Crippen LogP contribution >= 0.6 is 23.8 Å². The number of benzene rings is 1. The Balaban J connectivity index is 1.63. The fourth-order valence-electron chi connectivity index (χ4n) is 4.45. The third kappa shape index (κ3) is 5.40. The number of ether oxygens (including phenoxy) is 1. The zero-order valence-corrected chi connectivity index (χ0v) is 21.9. The first-order valence-corrected chi connectivity index (χ1v) is 13.7. The van der Waals surface area contributed by atoms with Crippen molar-refractivity contribution in [3.8, 4) is 11.1 Å². The van der Waals surface area contributed by atoms with E-state index in [0.29, 0.717) is 64.3 Å². The Morgan fingerprint density at radius 1 is 1.16 bits per heavy atom. The van der Waals surface area contributed by atoms with Gasteiger partial charge in [0.05, 0.1) is 24.2 Å². The lowest BCUT2D eigenvalue weighted by Gasteiger charge is -2.31. The molecule has 194 valence electrons. The Hall–Kier alpha value is -2.86. The quantitative estimate of drug-likeness (QED) is 0.312. The molecular weight excluding hydrogens is 570 g/mol. The van der Waals surface area contributed by atoms with Gasteiger partial charge in [-0.15, -0.1) is 0 Å². The number of phosphoric ester groups is 1. The van der Waals surface area contributed by atoms with Crippen LogP contribution in [-0.2, 0) is 27.1 Å². The van der Waals surface area contributed by atoms with E-state index in [9.17, 15) is 23.5 Å². The summed E-state index contributed by atoms with van der Waals surface area (Å²) in [7, 11) is -4.77. The van der Waals surface area contributed by atoms with Crippen LogP contribution in [0, 0.1) is 5.82 Å². The summed E-state index contributed by atoms with van der Waals surface area (Å²) < 4.78 is 39.7. The highest BCUT2D eigenvalue weighted by atomic mass is 79.9. The first-order chi connectivity index (χ1) is 17.7. The van der Waals surface area contributed by atoms with Crippen molar-refractivity contribution in [2.45, 2.75) is 13.3 Å². The molecule has 4 aromatic rings. The third-order valence-corrected chi connectivity index (χ3v) is 7.18. The monoisotopic (exact) mass is 592 g/mol. The van der Waals surface area contributed by atoms with Crippen LogP contribution in [0.4, 0.5) is 10.2 Å². The number of nitrogens with zero attached hydrogens (tertiary/aromatic N) is 4. The minimum atomic E-state index is -4.77. The van der Waals surface area contributed by atoms with Gasteiger partial charge in [0, 0.05) is 48.1 Å². The van der Waals surface area contributed by atoms with Crippen LogP contribution in [0.15, 0.2) is 64.1 Å². The average molecular weight is 593 g/mol. The zero-order valence-electron chi connectivity index (χ0n) is 19.5. The van der Waals surface area contributed by atoms with Crippen LogP contribution in [0.1, 0.15) is 5.56 Å². The number of fused-ring (bicyclic) bond motifs is 1. The molecule has 3 aromatic heterocycles. The van der Waals surface area contributed by atoms with Crippen molar-refractivity contribution >= 4 is 40.6 Å². The Morgan fingerprint density at radius 3 is 2.68 bits per heavy atom. The summed E-state index contributed by atoms with van der Waals surface area (Å²) in [5, 5.41) is 0.688. The van der Waals surface area contributed by atoms with E-state index in [1.54, 1.807) is 47.3 Å².